The van der Waals surface area contributed by atoms with Crippen LogP contribution in [0.15, 0.2) is 24.3 Å². The van der Waals surface area contributed by atoms with Crippen molar-refractivity contribution in [2.24, 2.45) is 0 Å². The van der Waals surface area contributed by atoms with Crippen molar-refractivity contribution in [3.05, 3.63) is 24.3 Å². The van der Waals surface area contributed by atoms with Crippen molar-refractivity contribution in [2.45, 2.75) is 57.0 Å². The largest absolute Gasteiger partial charge is 0.463 e. The number of hydrogen-bond donors (Lipinski definition) is 1. The van der Waals surface area contributed by atoms with Crippen LogP contribution in [0.3, 0.4) is 0 Å². The lowest BCUT2D eigenvalue weighted by molar-refractivity contribution is -0.154. The minimum Gasteiger partial charge on any atom is -0.463 e. The van der Waals surface area contributed by atoms with Crippen LogP contribution in [-0.4, -0.2) is 35.5 Å². The summed E-state index contributed by atoms with van der Waals surface area (Å²) in [5.74, 6) is -0.301. The standard InChI is InChI=1S/C14H20O4/c1-10-5-3-2-4-6-11-7-8-12(15)13(18-11)9-14(16)17-10/h4,6-8,10-13,15H,2-3,5,9H2,1H3/b6-4+/t10-,11-,12+,13-/m1/s1. The van der Waals surface area contributed by atoms with Crippen LogP contribution in [0.25, 0.3) is 0 Å². The van der Waals surface area contributed by atoms with Crippen LogP contribution in [0.2, 0.25) is 0 Å². The zero-order valence-corrected chi connectivity index (χ0v) is 10.6. The molecule has 0 saturated heterocycles. The molecule has 4 nitrogen and oxygen atoms in total. The van der Waals surface area contributed by atoms with Crippen molar-refractivity contribution in [1.82, 2.24) is 0 Å². The summed E-state index contributed by atoms with van der Waals surface area (Å²) in [4.78, 5) is 11.7. The van der Waals surface area contributed by atoms with Gasteiger partial charge in [0.2, 0.25) is 0 Å². The van der Waals surface area contributed by atoms with Crippen molar-refractivity contribution >= 4 is 5.97 Å². The average molecular weight is 252 g/mol. The second kappa shape index (κ2) is 6.16. The lowest BCUT2D eigenvalue weighted by Gasteiger charge is -2.28. The summed E-state index contributed by atoms with van der Waals surface area (Å²) in [6.07, 6.45) is 9.00. The number of cyclic esters (lactones) is 1. The SMILES string of the molecule is C[C@@H]1CCC/C=C/[C@@H]2C=C[C@H](O)[C@@H](CC(=O)O1)O2. The molecule has 0 saturated carbocycles. The Bertz CT molecular complexity index is 348. The fraction of sp³-hybridized carbons (Fsp3) is 0.643. The van der Waals surface area contributed by atoms with E-state index in [-0.39, 0.29) is 24.6 Å². The summed E-state index contributed by atoms with van der Waals surface area (Å²) in [5, 5.41) is 9.77. The molecule has 2 aliphatic heterocycles. The molecule has 0 amide bonds. The Balaban J connectivity index is 2.08. The van der Waals surface area contributed by atoms with Crippen LogP contribution < -0.4 is 0 Å². The quantitative estimate of drug-likeness (QED) is 0.527. The van der Waals surface area contributed by atoms with E-state index in [2.05, 4.69) is 6.08 Å². The molecule has 0 aliphatic carbocycles. The first-order valence-corrected chi connectivity index (χ1v) is 6.53. The minimum atomic E-state index is -0.736. The third-order valence-electron chi connectivity index (χ3n) is 3.22. The highest BCUT2D eigenvalue weighted by molar-refractivity contribution is 5.70. The number of esters is 1. The number of carbonyl (C=O) groups excluding carboxylic acids is 1. The normalized spacial score (nSPS) is 39.3. The monoisotopic (exact) mass is 252 g/mol. The van der Waals surface area contributed by atoms with Crippen molar-refractivity contribution in [2.75, 3.05) is 0 Å². The van der Waals surface area contributed by atoms with E-state index in [1.165, 1.54) is 0 Å². The number of fused-ring (bicyclic) bond motifs is 2. The summed E-state index contributed by atoms with van der Waals surface area (Å²) in [7, 11) is 0. The van der Waals surface area contributed by atoms with Gasteiger partial charge in [-0.15, -0.1) is 0 Å². The fourth-order valence-corrected chi connectivity index (χ4v) is 2.20. The molecule has 0 aromatic carbocycles. The van der Waals surface area contributed by atoms with E-state index in [9.17, 15) is 9.90 Å². The number of allylic oxidation sites excluding steroid dienone is 1. The molecular weight excluding hydrogens is 232 g/mol. The van der Waals surface area contributed by atoms with Crippen LogP contribution >= 0.6 is 0 Å². The predicted molar refractivity (Wildman–Crippen MR) is 67.0 cm³/mol. The van der Waals surface area contributed by atoms with Crippen LogP contribution in [0.1, 0.15) is 32.6 Å². The first-order valence-electron chi connectivity index (χ1n) is 6.53. The highest BCUT2D eigenvalue weighted by atomic mass is 16.5. The van der Waals surface area contributed by atoms with Gasteiger partial charge in [0.1, 0.15) is 0 Å². The maximum atomic E-state index is 11.7. The van der Waals surface area contributed by atoms with Gasteiger partial charge in [-0.3, -0.25) is 4.79 Å². The molecule has 2 aliphatic rings. The molecule has 18 heavy (non-hydrogen) atoms. The maximum Gasteiger partial charge on any atom is 0.308 e. The molecule has 0 fully saturated rings. The van der Waals surface area contributed by atoms with Crippen LogP contribution in [0, 0.1) is 0 Å². The molecular formula is C14H20O4. The van der Waals surface area contributed by atoms with E-state index in [0.29, 0.717) is 0 Å². The Labute approximate surface area is 107 Å². The Morgan fingerprint density at radius 3 is 3.00 bits per heavy atom. The van der Waals surface area contributed by atoms with E-state index in [1.807, 2.05) is 19.1 Å². The molecule has 4 atom stereocenters. The summed E-state index contributed by atoms with van der Waals surface area (Å²) in [6.45, 7) is 1.90. The highest BCUT2D eigenvalue weighted by Crippen LogP contribution is 2.19. The smallest absolute Gasteiger partial charge is 0.308 e. The lowest BCUT2D eigenvalue weighted by Crippen LogP contribution is -2.37. The first-order chi connectivity index (χ1) is 8.65. The van der Waals surface area contributed by atoms with E-state index in [1.54, 1.807) is 6.08 Å². The van der Waals surface area contributed by atoms with Gasteiger partial charge in [-0.25, -0.2) is 0 Å². The molecule has 0 unspecified atom stereocenters. The van der Waals surface area contributed by atoms with Crippen molar-refractivity contribution in [3.63, 3.8) is 0 Å². The van der Waals surface area contributed by atoms with Gasteiger partial charge >= 0.3 is 5.97 Å². The van der Waals surface area contributed by atoms with E-state index in [4.69, 9.17) is 9.47 Å². The summed E-state index contributed by atoms with van der Waals surface area (Å²) >= 11 is 0. The van der Waals surface area contributed by atoms with Crippen molar-refractivity contribution in [3.8, 4) is 0 Å². The first kappa shape index (κ1) is 13.3. The average Bonchev–Trinajstić information content (AvgIpc) is 2.31. The Morgan fingerprint density at radius 1 is 1.33 bits per heavy atom. The van der Waals surface area contributed by atoms with Crippen LogP contribution in [0.4, 0.5) is 0 Å². The number of carbonyl (C=O) groups is 1. The summed E-state index contributed by atoms with van der Waals surface area (Å²) in [6, 6.07) is 0. The van der Waals surface area contributed by atoms with Gasteiger partial charge in [0.25, 0.3) is 0 Å². The number of hydrogen-bond acceptors (Lipinski definition) is 4. The molecule has 100 valence electrons. The fourth-order valence-electron chi connectivity index (χ4n) is 2.20. The predicted octanol–water partition coefficient (Wildman–Crippen LogP) is 1.73. The zero-order valence-electron chi connectivity index (χ0n) is 10.6. The van der Waals surface area contributed by atoms with E-state index in [0.717, 1.165) is 19.3 Å². The van der Waals surface area contributed by atoms with E-state index < -0.39 is 12.2 Å². The molecule has 1 N–H and O–H groups in total. The Hall–Kier alpha value is -1.13. The number of ether oxygens (including phenoxy) is 2. The third kappa shape index (κ3) is 3.68. The van der Waals surface area contributed by atoms with Gasteiger partial charge < -0.3 is 14.6 Å². The minimum absolute atomic E-state index is 0.0719. The molecule has 4 heteroatoms. The zero-order chi connectivity index (χ0) is 13.0. The lowest BCUT2D eigenvalue weighted by atomic mass is 10.0. The van der Waals surface area contributed by atoms with Crippen LogP contribution in [-0.2, 0) is 14.3 Å². The van der Waals surface area contributed by atoms with Gasteiger partial charge in [0, 0.05) is 0 Å². The van der Waals surface area contributed by atoms with Gasteiger partial charge in [0.05, 0.1) is 30.8 Å². The second-order valence-electron chi connectivity index (χ2n) is 4.88. The topological polar surface area (TPSA) is 55.8 Å². The van der Waals surface area contributed by atoms with Crippen molar-refractivity contribution < 1.29 is 19.4 Å². The van der Waals surface area contributed by atoms with Gasteiger partial charge in [-0.1, -0.05) is 24.3 Å². The van der Waals surface area contributed by atoms with Gasteiger partial charge in [-0.2, -0.15) is 0 Å². The number of aliphatic hydroxyl groups excluding tert-OH is 1. The molecule has 0 aromatic heterocycles. The maximum absolute atomic E-state index is 11.7. The molecule has 0 radical (unpaired) electrons. The molecule has 2 rings (SSSR count). The number of aliphatic hydroxyl groups is 1. The molecule has 2 bridgehead atoms. The second-order valence-corrected chi connectivity index (χ2v) is 4.88. The van der Waals surface area contributed by atoms with Crippen LogP contribution in [0.5, 0.6) is 0 Å². The van der Waals surface area contributed by atoms with Gasteiger partial charge in [-0.05, 0) is 26.2 Å². The summed E-state index contributed by atoms with van der Waals surface area (Å²) < 4.78 is 10.9. The molecule has 0 aromatic rings. The van der Waals surface area contributed by atoms with Gasteiger partial charge in [0.15, 0.2) is 0 Å². The Morgan fingerprint density at radius 2 is 2.17 bits per heavy atom. The Kier molecular flexibility index (Phi) is 4.55. The van der Waals surface area contributed by atoms with E-state index >= 15 is 0 Å². The molecule has 0 spiro atoms. The highest BCUT2D eigenvalue weighted by Gasteiger charge is 2.28. The van der Waals surface area contributed by atoms with Crippen molar-refractivity contribution in [1.29, 1.82) is 0 Å². The molecule has 2 heterocycles. The third-order valence-corrected chi connectivity index (χ3v) is 3.22. The summed E-state index contributed by atoms with van der Waals surface area (Å²) in [5.41, 5.74) is 0. The number of rotatable bonds is 0.